The molecule has 4 heteroatoms. The molecule has 0 radical (unpaired) electrons. The minimum atomic E-state index is -0.582. The second-order valence-corrected chi connectivity index (χ2v) is 11.0. The van der Waals surface area contributed by atoms with Gasteiger partial charge in [0.1, 0.15) is 12.3 Å². The maximum atomic E-state index is 13.4. The first kappa shape index (κ1) is 30.9. The van der Waals surface area contributed by atoms with Crippen LogP contribution in [0, 0.1) is 0 Å². The lowest BCUT2D eigenvalue weighted by atomic mass is 10.0. The van der Waals surface area contributed by atoms with Gasteiger partial charge in [0.05, 0.1) is 14.1 Å². The third-order valence-corrected chi connectivity index (χ3v) is 7.18. The SMILES string of the molecule is CCCCCCCCCCc1cccc(OC(CC)OC(=O)C(CCC)[N+](C)(C)Cc2ccccc2)c1. The van der Waals surface area contributed by atoms with E-state index in [2.05, 4.69) is 52.2 Å². The zero-order chi connectivity index (χ0) is 26.9. The van der Waals surface area contributed by atoms with Crippen molar-refractivity contribution in [2.45, 2.75) is 117 Å². The molecule has 2 aromatic carbocycles. The Morgan fingerprint density at radius 1 is 0.784 bits per heavy atom. The summed E-state index contributed by atoms with van der Waals surface area (Å²) in [5.41, 5.74) is 2.51. The Morgan fingerprint density at radius 2 is 1.43 bits per heavy atom. The van der Waals surface area contributed by atoms with E-state index in [0.717, 1.165) is 31.6 Å². The van der Waals surface area contributed by atoms with Crippen molar-refractivity contribution >= 4 is 5.97 Å². The molecule has 4 nitrogen and oxygen atoms in total. The van der Waals surface area contributed by atoms with Gasteiger partial charge in [0, 0.05) is 18.4 Å². The van der Waals surface area contributed by atoms with Crippen LogP contribution in [0.15, 0.2) is 54.6 Å². The maximum absolute atomic E-state index is 13.4. The quantitative estimate of drug-likeness (QED) is 0.0823. The van der Waals surface area contributed by atoms with Gasteiger partial charge in [0.25, 0.3) is 0 Å². The number of nitrogens with zero attached hydrogens (tertiary/aromatic N) is 1. The van der Waals surface area contributed by atoms with E-state index in [-0.39, 0.29) is 12.0 Å². The van der Waals surface area contributed by atoms with Crippen LogP contribution in [0.25, 0.3) is 0 Å². The molecular formula is C33H52NO3+. The molecule has 2 rings (SSSR count). The highest BCUT2D eigenvalue weighted by molar-refractivity contribution is 5.74. The van der Waals surface area contributed by atoms with E-state index in [1.165, 1.54) is 62.5 Å². The molecule has 2 aromatic rings. The predicted octanol–water partition coefficient (Wildman–Crippen LogP) is 8.47. The zero-order valence-corrected chi connectivity index (χ0v) is 24.2. The Balaban J connectivity index is 1.89. The number of esters is 1. The first-order valence-electron chi connectivity index (χ1n) is 14.7. The molecule has 0 aliphatic carbocycles. The highest BCUT2D eigenvalue weighted by Gasteiger charge is 2.37. The van der Waals surface area contributed by atoms with Crippen molar-refractivity contribution < 1.29 is 18.8 Å². The van der Waals surface area contributed by atoms with Crippen molar-refractivity contribution in [1.29, 1.82) is 0 Å². The monoisotopic (exact) mass is 510 g/mol. The molecule has 0 fully saturated rings. The number of aryl methyl sites for hydroxylation is 1. The van der Waals surface area contributed by atoms with E-state index in [4.69, 9.17) is 9.47 Å². The van der Waals surface area contributed by atoms with Crippen molar-refractivity contribution in [2.75, 3.05) is 14.1 Å². The molecule has 0 amide bonds. The zero-order valence-electron chi connectivity index (χ0n) is 24.2. The van der Waals surface area contributed by atoms with Gasteiger partial charge in [0.2, 0.25) is 6.29 Å². The Kier molecular flexibility index (Phi) is 14.4. The number of hydrogen-bond acceptors (Lipinski definition) is 3. The van der Waals surface area contributed by atoms with Gasteiger partial charge in [-0.25, -0.2) is 4.79 Å². The van der Waals surface area contributed by atoms with Crippen molar-refractivity contribution in [1.82, 2.24) is 0 Å². The van der Waals surface area contributed by atoms with E-state index in [0.29, 0.717) is 10.9 Å². The summed E-state index contributed by atoms with van der Waals surface area (Å²) in [4.78, 5) is 13.4. The first-order chi connectivity index (χ1) is 17.9. The maximum Gasteiger partial charge on any atom is 0.368 e. The van der Waals surface area contributed by atoms with Gasteiger partial charge in [-0.05, 0) is 37.0 Å². The molecule has 0 bridgehead atoms. The summed E-state index contributed by atoms with van der Waals surface area (Å²) in [5, 5.41) is 0. The summed E-state index contributed by atoms with van der Waals surface area (Å²) in [6.45, 7) is 7.16. The Morgan fingerprint density at radius 3 is 2.08 bits per heavy atom. The van der Waals surface area contributed by atoms with Crippen molar-refractivity contribution in [2.24, 2.45) is 0 Å². The fourth-order valence-corrected chi connectivity index (χ4v) is 4.98. The molecule has 0 saturated heterocycles. The molecule has 0 aliphatic rings. The Labute approximate surface area is 227 Å². The van der Waals surface area contributed by atoms with Crippen LogP contribution in [0.4, 0.5) is 0 Å². The number of ether oxygens (including phenoxy) is 2. The van der Waals surface area contributed by atoms with Gasteiger partial charge >= 0.3 is 5.97 Å². The molecular weight excluding hydrogens is 458 g/mol. The van der Waals surface area contributed by atoms with E-state index >= 15 is 0 Å². The van der Waals surface area contributed by atoms with Crippen molar-refractivity contribution in [3.05, 3.63) is 65.7 Å². The van der Waals surface area contributed by atoms with Crippen LogP contribution in [0.2, 0.25) is 0 Å². The van der Waals surface area contributed by atoms with Gasteiger partial charge < -0.3 is 14.0 Å². The average molecular weight is 511 g/mol. The number of likely N-dealkylation sites (N-methyl/N-ethyl adjacent to an activating group) is 1. The van der Waals surface area contributed by atoms with E-state index in [9.17, 15) is 4.79 Å². The molecule has 0 N–H and O–H groups in total. The number of rotatable bonds is 19. The largest absolute Gasteiger partial charge is 0.455 e. The number of carbonyl (C=O) groups excluding carboxylic acids is 1. The van der Waals surface area contributed by atoms with Crippen LogP contribution in [-0.2, 0) is 22.5 Å². The van der Waals surface area contributed by atoms with Crippen LogP contribution in [-0.4, -0.2) is 36.9 Å². The molecule has 2 atom stereocenters. The summed E-state index contributed by atoms with van der Waals surface area (Å²) in [6, 6.07) is 18.4. The van der Waals surface area contributed by atoms with Gasteiger partial charge in [-0.1, -0.05) is 108 Å². The predicted molar refractivity (Wildman–Crippen MR) is 155 cm³/mol. The second kappa shape index (κ2) is 17.2. The lowest BCUT2D eigenvalue weighted by Gasteiger charge is -2.37. The van der Waals surface area contributed by atoms with Gasteiger partial charge in [-0.3, -0.25) is 0 Å². The summed E-state index contributed by atoms with van der Waals surface area (Å²) < 4.78 is 12.7. The Bertz CT molecular complexity index is 880. The number of benzene rings is 2. The van der Waals surface area contributed by atoms with E-state index in [1.807, 2.05) is 37.3 Å². The van der Waals surface area contributed by atoms with Gasteiger partial charge in [-0.2, -0.15) is 0 Å². The van der Waals surface area contributed by atoms with Crippen molar-refractivity contribution in [3.63, 3.8) is 0 Å². The number of unbranched alkanes of at least 4 members (excludes halogenated alkanes) is 7. The fraction of sp³-hybridized carbons (Fsp3) is 0.606. The molecule has 2 unspecified atom stereocenters. The number of quaternary nitrogens is 1. The van der Waals surface area contributed by atoms with E-state index < -0.39 is 6.29 Å². The fourth-order valence-electron chi connectivity index (χ4n) is 4.98. The standard InChI is InChI=1S/C33H52NO3/c1-6-9-10-11-12-13-14-16-21-28-24-19-25-30(26-28)36-32(8-3)37-33(35)31(20-7-2)34(4,5)27-29-22-17-15-18-23-29/h15,17-19,22-26,31-32H,6-14,16,20-21,27H2,1-5H3/q+1. The lowest BCUT2D eigenvalue weighted by molar-refractivity contribution is -0.920. The summed E-state index contributed by atoms with van der Waals surface area (Å²) in [5.74, 6) is 0.603. The third-order valence-electron chi connectivity index (χ3n) is 7.18. The number of carbonyl (C=O) groups is 1. The van der Waals surface area contributed by atoms with Crippen LogP contribution >= 0.6 is 0 Å². The summed E-state index contributed by atoms with van der Waals surface area (Å²) in [6.07, 6.45) is 13.4. The van der Waals surface area contributed by atoms with Crippen LogP contribution in [0.5, 0.6) is 5.75 Å². The third kappa shape index (κ3) is 11.7. The molecule has 0 aliphatic heterocycles. The number of hydrogen-bond donors (Lipinski definition) is 0. The highest BCUT2D eigenvalue weighted by Crippen LogP contribution is 2.22. The van der Waals surface area contributed by atoms with E-state index in [1.54, 1.807) is 0 Å². The molecule has 0 heterocycles. The minimum Gasteiger partial charge on any atom is -0.455 e. The summed E-state index contributed by atoms with van der Waals surface area (Å²) >= 11 is 0. The molecule has 37 heavy (non-hydrogen) atoms. The molecule has 0 aromatic heterocycles. The van der Waals surface area contributed by atoms with Crippen molar-refractivity contribution in [3.8, 4) is 5.75 Å². The minimum absolute atomic E-state index is 0.176. The van der Waals surface area contributed by atoms with Crippen LogP contribution in [0.3, 0.4) is 0 Å². The topological polar surface area (TPSA) is 35.5 Å². The summed E-state index contributed by atoms with van der Waals surface area (Å²) in [7, 11) is 4.23. The van der Waals surface area contributed by atoms with Gasteiger partial charge in [-0.15, -0.1) is 0 Å². The lowest BCUT2D eigenvalue weighted by Crippen LogP contribution is -2.53. The van der Waals surface area contributed by atoms with Crippen LogP contribution in [0.1, 0.15) is 103 Å². The first-order valence-corrected chi connectivity index (χ1v) is 14.7. The van der Waals surface area contributed by atoms with Crippen LogP contribution < -0.4 is 4.74 Å². The molecule has 206 valence electrons. The Hall–Kier alpha value is -2.33. The van der Waals surface area contributed by atoms with Gasteiger partial charge in [0.15, 0.2) is 6.04 Å². The molecule has 0 spiro atoms. The average Bonchev–Trinajstić information content (AvgIpc) is 2.88. The highest BCUT2D eigenvalue weighted by atomic mass is 16.7. The normalized spacial score (nSPS) is 13.2. The smallest absolute Gasteiger partial charge is 0.368 e. The molecule has 0 saturated carbocycles. The second-order valence-electron chi connectivity index (χ2n) is 11.0.